The van der Waals surface area contributed by atoms with Crippen molar-refractivity contribution in [2.75, 3.05) is 25.6 Å². The van der Waals surface area contributed by atoms with Crippen molar-refractivity contribution in [1.82, 2.24) is 4.98 Å². The molecule has 1 atom stereocenters. The van der Waals surface area contributed by atoms with Gasteiger partial charge in [0.25, 0.3) is 0 Å². The predicted octanol–water partition coefficient (Wildman–Crippen LogP) is 2.26. The molecule has 0 spiro atoms. The summed E-state index contributed by atoms with van der Waals surface area (Å²) >= 11 is 0. The Kier molecular flexibility index (Phi) is 5.42. The average Bonchev–Trinajstić information content (AvgIpc) is 2.45. The highest BCUT2D eigenvalue weighted by atomic mass is 16.6. The van der Waals surface area contributed by atoms with E-state index in [1.165, 1.54) is 19.2 Å². The van der Waals surface area contributed by atoms with Crippen LogP contribution in [0.3, 0.4) is 0 Å². The number of hydrogen-bond acceptors (Lipinski definition) is 6. The summed E-state index contributed by atoms with van der Waals surface area (Å²) in [6.07, 6.45) is 0.953. The van der Waals surface area contributed by atoms with Crippen LogP contribution < -0.4 is 4.90 Å². The van der Waals surface area contributed by atoms with E-state index >= 15 is 0 Å². The lowest BCUT2D eigenvalue weighted by atomic mass is 10.1. The smallest absolute Gasteiger partial charge is 0.356 e. The molecule has 1 aromatic heterocycles. The quantitative estimate of drug-likeness (QED) is 0.451. The number of nitro groups is 1. The van der Waals surface area contributed by atoms with Gasteiger partial charge in [0.15, 0.2) is 5.69 Å². The van der Waals surface area contributed by atoms with Crippen molar-refractivity contribution in [3.05, 3.63) is 27.9 Å². The Bertz CT molecular complexity index is 504. The average molecular weight is 281 g/mol. The fourth-order valence-electron chi connectivity index (χ4n) is 1.77. The minimum Gasteiger partial charge on any atom is -0.464 e. The maximum absolute atomic E-state index is 11.5. The number of anilines is 1. The molecule has 0 N–H and O–H groups in total. The molecule has 110 valence electrons. The van der Waals surface area contributed by atoms with E-state index in [1.54, 1.807) is 11.9 Å². The maximum atomic E-state index is 11.5. The van der Waals surface area contributed by atoms with E-state index in [1.807, 2.05) is 13.8 Å². The zero-order valence-corrected chi connectivity index (χ0v) is 12.1. The van der Waals surface area contributed by atoms with Crippen molar-refractivity contribution >= 4 is 17.5 Å². The van der Waals surface area contributed by atoms with Gasteiger partial charge in [-0.3, -0.25) is 10.1 Å². The van der Waals surface area contributed by atoms with E-state index in [-0.39, 0.29) is 17.2 Å². The van der Waals surface area contributed by atoms with Crippen LogP contribution in [0.1, 0.15) is 30.8 Å². The predicted molar refractivity (Wildman–Crippen MR) is 75.0 cm³/mol. The van der Waals surface area contributed by atoms with Gasteiger partial charge in [-0.25, -0.2) is 9.78 Å². The molecule has 0 aliphatic rings. The van der Waals surface area contributed by atoms with Gasteiger partial charge >= 0.3 is 11.7 Å². The molecule has 1 unspecified atom stereocenters. The molecule has 1 heterocycles. The lowest BCUT2D eigenvalue weighted by Gasteiger charge is -2.21. The summed E-state index contributed by atoms with van der Waals surface area (Å²) in [4.78, 5) is 27.8. The summed E-state index contributed by atoms with van der Waals surface area (Å²) in [7, 11) is 2.97. The van der Waals surface area contributed by atoms with Gasteiger partial charge in [0.2, 0.25) is 5.82 Å². The highest BCUT2D eigenvalue weighted by Gasteiger charge is 2.22. The summed E-state index contributed by atoms with van der Waals surface area (Å²) in [6, 6.07) is 2.58. The number of carbonyl (C=O) groups excluding carboxylic acids is 1. The Labute approximate surface area is 117 Å². The topological polar surface area (TPSA) is 85.6 Å². The van der Waals surface area contributed by atoms with Crippen LogP contribution in [-0.2, 0) is 4.74 Å². The Morgan fingerprint density at radius 2 is 2.20 bits per heavy atom. The molecule has 0 fully saturated rings. The Morgan fingerprint density at radius 3 is 2.70 bits per heavy atom. The second-order valence-corrected chi connectivity index (χ2v) is 4.68. The summed E-state index contributed by atoms with van der Waals surface area (Å²) < 4.78 is 4.58. The SMILES string of the molecule is CCC(C)CN(C)c1nc(C(=O)OC)ccc1[N+](=O)[O-]. The minimum absolute atomic E-state index is 0.0594. The number of pyridine rings is 1. The molecule has 0 aliphatic carbocycles. The van der Waals surface area contributed by atoms with Crippen LogP contribution >= 0.6 is 0 Å². The van der Waals surface area contributed by atoms with Crippen molar-refractivity contribution in [2.24, 2.45) is 5.92 Å². The zero-order chi connectivity index (χ0) is 15.3. The van der Waals surface area contributed by atoms with Crippen LogP contribution in [0.2, 0.25) is 0 Å². The van der Waals surface area contributed by atoms with Crippen LogP contribution in [0.5, 0.6) is 0 Å². The molecule has 20 heavy (non-hydrogen) atoms. The number of aromatic nitrogens is 1. The van der Waals surface area contributed by atoms with Crippen molar-refractivity contribution in [2.45, 2.75) is 20.3 Å². The first-order chi connectivity index (χ1) is 9.40. The number of ether oxygens (including phenoxy) is 1. The molecule has 0 saturated heterocycles. The third-order valence-corrected chi connectivity index (χ3v) is 3.09. The van der Waals surface area contributed by atoms with E-state index in [4.69, 9.17) is 0 Å². The van der Waals surface area contributed by atoms with E-state index < -0.39 is 10.9 Å². The maximum Gasteiger partial charge on any atom is 0.356 e. The van der Waals surface area contributed by atoms with Crippen LogP contribution in [-0.4, -0.2) is 36.6 Å². The summed E-state index contributed by atoms with van der Waals surface area (Å²) in [5.74, 6) is -0.0699. The van der Waals surface area contributed by atoms with Gasteiger partial charge in [-0.15, -0.1) is 0 Å². The molecule has 0 aliphatic heterocycles. The van der Waals surface area contributed by atoms with Crippen molar-refractivity contribution in [1.29, 1.82) is 0 Å². The van der Waals surface area contributed by atoms with Gasteiger partial charge in [-0.1, -0.05) is 20.3 Å². The van der Waals surface area contributed by atoms with Gasteiger partial charge in [0, 0.05) is 19.7 Å². The molecule has 0 aromatic carbocycles. The number of esters is 1. The number of methoxy groups -OCH3 is 1. The van der Waals surface area contributed by atoms with Crippen LogP contribution in [0, 0.1) is 16.0 Å². The summed E-state index contributed by atoms with van der Waals surface area (Å²) in [5.41, 5.74) is -0.0624. The van der Waals surface area contributed by atoms with Gasteiger partial charge < -0.3 is 9.64 Å². The van der Waals surface area contributed by atoms with Crippen molar-refractivity contribution in [3.8, 4) is 0 Å². The first-order valence-corrected chi connectivity index (χ1v) is 6.35. The molecule has 0 radical (unpaired) electrons. The van der Waals surface area contributed by atoms with E-state index in [9.17, 15) is 14.9 Å². The van der Waals surface area contributed by atoms with Crippen molar-refractivity contribution < 1.29 is 14.5 Å². The molecular formula is C13H19N3O4. The number of nitrogens with zero attached hydrogens (tertiary/aromatic N) is 3. The van der Waals surface area contributed by atoms with Gasteiger partial charge in [-0.05, 0) is 12.0 Å². The Balaban J connectivity index is 3.17. The fraction of sp³-hybridized carbons (Fsp3) is 0.538. The van der Waals surface area contributed by atoms with Crippen LogP contribution in [0.15, 0.2) is 12.1 Å². The van der Waals surface area contributed by atoms with E-state index in [0.29, 0.717) is 12.5 Å². The second-order valence-electron chi connectivity index (χ2n) is 4.68. The molecule has 1 aromatic rings. The van der Waals surface area contributed by atoms with E-state index in [2.05, 4.69) is 9.72 Å². The highest BCUT2D eigenvalue weighted by molar-refractivity contribution is 5.88. The number of carbonyl (C=O) groups is 1. The lowest BCUT2D eigenvalue weighted by molar-refractivity contribution is -0.384. The summed E-state index contributed by atoms with van der Waals surface area (Å²) in [5, 5.41) is 11.1. The van der Waals surface area contributed by atoms with Crippen LogP contribution in [0.4, 0.5) is 11.5 Å². The standard InChI is InChI=1S/C13H19N3O4/c1-5-9(2)8-15(3)12-11(16(18)19)7-6-10(14-12)13(17)20-4/h6-7,9H,5,8H2,1-4H3. The minimum atomic E-state index is -0.613. The fourth-order valence-corrected chi connectivity index (χ4v) is 1.77. The largest absolute Gasteiger partial charge is 0.464 e. The van der Waals surface area contributed by atoms with Crippen LogP contribution in [0.25, 0.3) is 0 Å². The lowest BCUT2D eigenvalue weighted by Crippen LogP contribution is -2.26. The highest BCUT2D eigenvalue weighted by Crippen LogP contribution is 2.26. The van der Waals surface area contributed by atoms with Gasteiger partial charge in [0.1, 0.15) is 0 Å². The molecule has 7 heteroatoms. The normalized spacial score (nSPS) is 11.8. The number of rotatable bonds is 6. The molecular weight excluding hydrogens is 262 g/mol. The van der Waals surface area contributed by atoms with E-state index in [0.717, 1.165) is 6.42 Å². The second kappa shape index (κ2) is 6.83. The monoisotopic (exact) mass is 281 g/mol. The molecule has 0 saturated carbocycles. The summed E-state index contributed by atoms with van der Waals surface area (Å²) in [6.45, 7) is 4.71. The molecule has 0 bridgehead atoms. The molecule has 1 rings (SSSR count). The first kappa shape index (κ1) is 15.9. The third-order valence-electron chi connectivity index (χ3n) is 3.09. The third kappa shape index (κ3) is 3.66. The Hall–Kier alpha value is -2.18. The molecule has 7 nitrogen and oxygen atoms in total. The Morgan fingerprint density at radius 1 is 1.55 bits per heavy atom. The zero-order valence-electron chi connectivity index (χ0n) is 12.1. The van der Waals surface area contributed by atoms with Gasteiger partial charge in [-0.2, -0.15) is 0 Å². The first-order valence-electron chi connectivity index (χ1n) is 6.35. The molecule has 0 amide bonds. The van der Waals surface area contributed by atoms with Gasteiger partial charge in [0.05, 0.1) is 12.0 Å². The number of hydrogen-bond donors (Lipinski definition) is 0. The van der Waals surface area contributed by atoms with Crippen molar-refractivity contribution in [3.63, 3.8) is 0 Å².